The first-order valence-corrected chi connectivity index (χ1v) is 11.0. The highest BCUT2D eigenvalue weighted by Gasteiger charge is 2.19. The summed E-state index contributed by atoms with van der Waals surface area (Å²) in [5, 5.41) is 3.04. The van der Waals surface area contributed by atoms with Crippen molar-refractivity contribution in [1.82, 2.24) is 4.72 Å². The number of fused-ring (bicyclic) bond motifs is 1. The van der Waals surface area contributed by atoms with Crippen molar-refractivity contribution in [1.29, 1.82) is 0 Å². The molecule has 8 nitrogen and oxygen atoms in total. The van der Waals surface area contributed by atoms with E-state index >= 15 is 0 Å². The molecule has 0 saturated heterocycles. The van der Waals surface area contributed by atoms with Gasteiger partial charge in [-0.05, 0) is 48.4 Å². The number of halogens is 1. The zero-order valence-corrected chi connectivity index (χ0v) is 17.3. The monoisotopic (exact) mass is 447 g/mol. The van der Waals surface area contributed by atoms with Gasteiger partial charge in [0.25, 0.3) is 10.0 Å². The molecule has 1 amide bonds. The van der Waals surface area contributed by atoms with Crippen molar-refractivity contribution in [2.75, 3.05) is 18.7 Å². The molecule has 0 radical (unpaired) electrons. The molecule has 0 aliphatic carbocycles. The largest absolute Gasteiger partial charge is 0.454 e. The summed E-state index contributed by atoms with van der Waals surface area (Å²) in [7, 11) is -3.76. The summed E-state index contributed by atoms with van der Waals surface area (Å²) in [6.45, 7) is 0.721. The molecule has 10 heteroatoms. The van der Waals surface area contributed by atoms with E-state index in [0.717, 1.165) is 6.42 Å². The summed E-state index contributed by atoms with van der Waals surface area (Å²) in [6, 6.07) is 9.38. The van der Waals surface area contributed by atoms with Gasteiger partial charge in [-0.15, -0.1) is 0 Å². The number of anilines is 1. The summed E-state index contributed by atoms with van der Waals surface area (Å²) < 4.78 is 38.1. The number of rotatable bonds is 5. The second-order valence-corrected chi connectivity index (χ2v) is 8.71. The lowest BCUT2D eigenvalue weighted by atomic mass is 10.2. The van der Waals surface area contributed by atoms with Gasteiger partial charge in [-0.1, -0.05) is 17.7 Å². The maximum atomic E-state index is 12.5. The molecule has 2 N–H and O–H groups in total. The van der Waals surface area contributed by atoms with Gasteiger partial charge in [0.1, 0.15) is 5.84 Å². The summed E-state index contributed by atoms with van der Waals surface area (Å²) >= 11 is 6.13. The van der Waals surface area contributed by atoms with Crippen molar-refractivity contribution in [3.05, 3.63) is 53.1 Å². The number of hydrogen-bond donors (Lipinski definition) is 2. The summed E-state index contributed by atoms with van der Waals surface area (Å²) in [4.78, 5) is 16.4. The van der Waals surface area contributed by atoms with Gasteiger partial charge in [-0.25, -0.2) is 8.42 Å². The Morgan fingerprint density at radius 3 is 2.87 bits per heavy atom. The number of carbonyl (C=O) groups excluding carboxylic acids is 1. The Bertz CT molecular complexity index is 1160. The fourth-order valence-electron chi connectivity index (χ4n) is 3.02. The fraction of sp³-hybridized carbons (Fsp3) is 0.200. The lowest BCUT2D eigenvalue weighted by molar-refractivity contribution is -0.111. The van der Waals surface area contributed by atoms with E-state index in [-0.39, 0.29) is 11.7 Å². The average molecular weight is 448 g/mol. The van der Waals surface area contributed by atoms with Crippen molar-refractivity contribution in [2.24, 2.45) is 4.99 Å². The number of nitrogens with one attached hydrogen (secondary N) is 2. The number of nitrogens with zero attached hydrogens (tertiary/aromatic N) is 1. The Morgan fingerprint density at radius 1 is 1.20 bits per heavy atom. The second-order valence-electron chi connectivity index (χ2n) is 6.62. The molecule has 0 atom stereocenters. The molecule has 2 aromatic carbocycles. The van der Waals surface area contributed by atoms with Crippen LogP contribution < -0.4 is 19.5 Å². The number of hydrogen-bond acceptors (Lipinski definition) is 6. The molecule has 2 aliphatic rings. The predicted molar refractivity (Wildman–Crippen MR) is 114 cm³/mol. The standard InChI is InChI=1S/C20H18ClN3O5S/c21-16-9-13(10-17-20(16)29-12-28-17)6-7-19(25)23-14-3-1-4-15(11-14)30(26,27)24-18-5-2-8-22-18/h1,3-4,6-7,9-11H,2,5,8,12H2,(H,22,24)(H,23,25)/b7-6+. The quantitative estimate of drug-likeness (QED) is 0.684. The molecule has 0 bridgehead atoms. The van der Waals surface area contributed by atoms with Gasteiger partial charge in [-0.3, -0.25) is 14.5 Å². The maximum Gasteiger partial charge on any atom is 0.262 e. The van der Waals surface area contributed by atoms with Crippen molar-refractivity contribution < 1.29 is 22.7 Å². The molecule has 0 saturated carbocycles. The Balaban J connectivity index is 1.44. The normalized spacial score (nSPS) is 15.3. The summed E-state index contributed by atoms with van der Waals surface area (Å²) in [6.07, 6.45) is 4.32. The molecule has 0 spiro atoms. The molecule has 156 valence electrons. The van der Waals surface area contributed by atoms with Crippen molar-refractivity contribution in [3.63, 3.8) is 0 Å². The highest BCUT2D eigenvalue weighted by molar-refractivity contribution is 7.90. The fourth-order valence-corrected chi connectivity index (χ4v) is 4.43. The lowest BCUT2D eigenvalue weighted by Crippen LogP contribution is -2.29. The van der Waals surface area contributed by atoms with Crippen LogP contribution in [0.4, 0.5) is 5.69 Å². The van der Waals surface area contributed by atoms with Crippen LogP contribution in [0.15, 0.2) is 52.4 Å². The van der Waals surface area contributed by atoms with Gasteiger partial charge in [-0.2, -0.15) is 0 Å². The first kappa shape index (κ1) is 20.2. The van der Waals surface area contributed by atoms with Crippen LogP contribution in [0.5, 0.6) is 11.5 Å². The molecular weight excluding hydrogens is 430 g/mol. The minimum Gasteiger partial charge on any atom is -0.454 e. The van der Waals surface area contributed by atoms with Gasteiger partial charge in [0, 0.05) is 24.7 Å². The summed E-state index contributed by atoms with van der Waals surface area (Å²) in [5.41, 5.74) is 1.02. The van der Waals surface area contributed by atoms with Gasteiger partial charge in [0.05, 0.1) is 9.92 Å². The third-order valence-electron chi connectivity index (χ3n) is 4.42. The highest BCUT2D eigenvalue weighted by atomic mass is 35.5. The van der Waals surface area contributed by atoms with E-state index in [4.69, 9.17) is 21.1 Å². The van der Waals surface area contributed by atoms with Crippen LogP contribution >= 0.6 is 11.6 Å². The predicted octanol–water partition coefficient (Wildman–Crippen LogP) is 3.19. The van der Waals surface area contributed by atoms with Crippen LogP contribution in [-0.2, 0) is 14.8 Å². The number of carbonyl (C=O) groups is 1. The van der Waals surface area contributed by atoms with Crippen molar-refractivity contribution in [2.45, 2.75) is 17.7 Å². The lowest BCUT2D eigenvalue weighted by Gasteiger charge is -2.09. The number of amidine groups is 1. The SMILES string of the molecule is O=C(/C=C/c1cc(Cl)c2c(c1)OCO2)Nc1cccc(S(=O)(=O)NC2=NCCC2)c1. The molecule has 4 rings (SSSR count). The van der Waals surface area contributed by atoms with Crippen LogP contribution in [0.3, 0.4) is 0 Å². The van der Waals surface area contributed by atoms with Crippen LogP contribution in [0, 0.1) is 0 Å². The highest BCUT2D eigenvalue weighted by Crippen LogP contribution is 2.40. The smallest absolute Gasteiger partial charge is 0.262 e. The van der Waals surface area contributed by atoms with E-state index in [1.165, 1.54) is 18.2 Å². The molecule has 0 unspecified atom stereocenters. The van der Waals surface area contributed by atoms with E-state index < -0.39 is 15.9 Å². The van der Waals surface area contributed by atoms with E-state index in [1.54, 1.807) is 30.3 Å². The summed E-state index contributed by atoms with van der Waals surface area (Å²) in [5.74, 6) is 1.02. The Kier molecular flexibility index (Phi) is 5.65. The van der Waals surface area contributed by atoms with Crippen molar-refractivity contribution >= 4 is 45.1 Å². The molecule has 0 aromatic heterocycles. The molecule has 30 heavy (non-hydrogen) atoms. The number of ether oxygens (including phenoxy) is 2. The van der Waals surface area contributed by atoms with Crippen LogP contribution in [-0.4, -0.2) is 33.5 Å². The third kappa shape index (κ3) is 4.58. The van der Waals surface area contributed by atoms with Gasteiger partial charge < -0.3 is 14.8 Å². The molecule has 2 aromatic rings. The van der Waals surface area contributed by atoms with Crippen LogP contribution in [0.25, 0.3) is 6.08 Å². The maximum absolute atomic E-state index is 12.5. The van der Waals surface area contributed by atoms with Gasteiger partial charge in [0.15, 0.2) is 11.5 Å². The topological polar surface area (TPSA) is 106 Å². The van der Waals surface area contributed by atoms with Crippen molar-refractivity contribution in [3.8, 4) is 11.5 Å². The number of sulfonamides is 1. The van der Waals surface area contributed by atoms with Crippen LogP contribution in [0.2, 0.25) is 5.02 Å². The third-order valence-corrected chi connectivity index (χ3v) is 6.07. The minimum atomic E-state index is -3.76. The molecule has 2 heterocycles. The minimum absolute atomic E-state index is 0.0430. The molecule has 2 aliphatic heterocycles. The zero-order valence-electron chi connectivity index (χ0n) is 15.7. The Morgan fingerprint density at radius 2 is 2.07 bits per heavy atom. The van der Waals surface area contributed by atoms with Gasteiger partial charge >= 0.3 is 0 Å². The average Bonchev–Trinajstić information content (AvgIpc) is 3.38. The first-order chi connectivity index (χ1) is 14.4. The number of aliphatic imine (C=N–C) groups is 1. The first-order valence-electron chi connectivity index (χ1n) is 9.15. The molecular formula is C20H18ClN3O5S. The zero-order chi connectivity index (χ0) is 21.1. The van der Waals surface area contributed by atoms with Crippen LogP contribution in [0.1, 0.15) is 18.4 Å². The number of amides is 1. The number of benzene rings is 2. The molecule has 0 fully saturated rings. The Hall–Kier alpha value is -3.04. The Labute approximate surface area is 178 Å². The van der Waals surface area contributed by atoms with E-state index in [0.29, 0.717) is 46.6 Å². The van der Waals surface area contributed by atoms with E-state index in [2.05, 4.69) is 15.0 Å². The van der Waals surface area contributed by atoms with Gasteiger partial charge in [0.2, 0.25) is 12.7 Å². The second kappa shape index (κ2) is 8.37. The van der Waals surface area contributed by atoms with E-state index in [9.17, 15) is 13.2 Å². The van der Waals surface area contributed by atoms with E-state index in [1.807, 2.05) is 0 Å².